The van der Waals surface area contributed by atoms with Gasteiger partial charge in [0.15, 0.2) is 0 Å². The van der Waals surface area contributed by atoms with E-state index in [0.717, 1.165) is 42.9 Å². The van der Waals surface area contributed by atoms with E-state index in [0.29, 0.717) is 12.2 Å². The molecule has 0 bridgehead atoms. The average Bonchev–Trinajstić information content (AvgIpc) is 3.09. The fraction of sp³-hybridized carbons (Fsp3) is 0.333. The second-order valence-corrected chi connectivity index (χ2v) is 5.39. The molecule has 1 aromatic heterocycles. The van der Waals surface area contributed by atoms with Crippen molar-refractivity contribution < 1.29 is 9.53 Å². The van der Waals surface area contributed by atoms with Gasteiger partial charge < -0.3 is 9.64 Å². The molecular formula is C18H20N2O2. The molecule has 2 heterocycles. The monoisotopic (exact) mass is 296 g/mol. The van der Waals surface area contributed by atoms with E-state index in [9.17, 15) is 4.79 Å². The molecule has 114 valence electrons. The van der Waals surface area contributed by atoms with Crippen molar-refractivity contribution in [1.82, 2.24) is 9.88 Å². The lowest BCUT2D eigenvalue weighted by molar-refractivity contribution is 0.0792. The number of ether oxygens (including phenoxy) is 1. The highest BCUT2D eigenvalue weighted by molar-refractivity contribution is 5.94. The van der Waals surface area contributed by atoms with Gasteiger partial charge in [0.1, 0.15) is 5.75 Å². The Morgan fingerprint density at radius 2 is 2.05 bits per heavy atom. The van der Waals surface area contributed by atoms with Gasteiger partial charge in [0.2, 0.25) is 0 Å². The lowest BCUT2D eigenvalue weighted by Gasteiger charge is -2.15. The van der Waals surface area contributed by atoms with Crippen LogP contribution in [0.1, 0.15) is 30.1 Å². The van der Waals surface area contributed by atoms with Gasteiger partial charge >= 0.3 is 0 Å². The number of likely N-dealkylation sites (tertiary alicyclic amines) is 1. The lowest BCUT2D eigenvalue weighted by Crippen LogP contribution is -2.27. The highest BCUT2D eigenvalue weighted by Gasteiger charge is 2.19. The highest BCUT2D eigenvalue weighted by atomic mass is 16.5. The van der Waals surface area contributed by atoms with E-state index in [4.69, 9.17) is 4.74 Å². The van der Waals surface area contributed by atoms with Crippen molar-refractivity contribution in [3.05, 3.63) is 48.2 Å². The van der Waals surface area contributed by atoms with E-state index >= 15 is 0 Å². The maximum atomic E-state index is 12.3. The van der Waals surface area contributed by atoms with E-state index in [2.05, 4.69) is 4.98 Å². The van der Waals surface area contributed by atoms with Crippen LogP contribution in [-0.4, -0.2) is 35.5 Å². The molecule has 1 fully saturated rings. The number of amides is 1. The number of pyridine rings is 1. The van der Waals surface area contributed by atoms with Crippen molar-refractivity contribution in [2.75, 3.05) is 19.7 Å². The summed E-state index contributed by atoms with van der Waals surface area (Å²) in [5, 5.41) is 0. The molecule has 0 aliphatic carbocycles. The standard InChI is InChI=1S/C18H20N2O2/c1-2-22-16-7-5-6-14(12-16)17-9-8-15(13-19-17)18(21)20-10-3-4-11-20/h5-9,12-13H,2-4,10-11H2,1H3. The van der Waals surface area contributed by atoms with Crippen LogP contribution in [0.2, 0.25) is 0 Å². The predicted octanol–water partition coefficient (Wildman–Crippen LogP) is 3.38. The van der Waals surface area contributed by atoms with Gasteiger partial charge in [-0.1, -0.05) is 12.1 Å². The van der Waals surface area contributed by atoms with Crippen molar-refractivity contribution in [1.29, 1.82) is 0 Å². The molecule has 1 saturated heterocycles. The molecule has 0 atom stereocenters. The summed E-state index contributed by atoms with van der Waals surface area (Å²) in [6.07, 6.45) is 3.87. The zero-order valence-corrected chi connectivity index (χ0v) is 12.8. The van der Waals surface area contributed by atoms with E-state index < -0.39 is 0 Å². The number of aromatic nitrogens is 1. The molecular weight excluding hydrogens is 276 g/mol. The van der Waals surface area contributed by atoms with E-state index in [1.807, 2.05) is 48.2 Å². The Labute approximate surface area is 130 Å². The zero-order chi connectivity index (χ0) is 15.4. The maximum Gasteiger partial charge on any atom is 0.255 e. The zero-order valence-electron chi connectivity index (χ0n) is 12.8. The Hall–Kier alpha value is -2.36. The van der Waals surface area contributed by atoms with Crippen LogP contribution >= 0.6 is 0 Å². The molecule has 0 unspecified atom stereocenters. The van der Waals surface area contributed by atoms with Crippen molar-refractivity contribution in [3.63, 3.8) is 0 Å². The summed E-state index contributed by atoms with van der Waals surface area (Å²) in [6, 6.07) is 11.6. The third-order valence-corrected chi connectivity index (χ3v) is 3.84. The molecule has 2 aromatic rings. The van der Waals surface area contributed by atoms with Crippen LogP contribution in [0.25, 0.3) is 11.3 Å². The molecule has 1 aromatic carbocycles. The summed E-state index contributed by atoms with van der Waals surface area (Å²) in [4.78, 5) is 18.6. The first-order valence-electron chi connectivity index (χ1n) is 7.76. The Morgan fingerprint density at radius 3 is 2.73 bits per heavy atom. The normalized spacial score (nSPS) is 14.1. The van der Waals surface area contributed by atoms with Crippen molar-refractivity contribution >= 4 is 5.91 Å². The summed E-state index contributed by atoms with van der Waals surface area (Å²) >= 11 is 0. The fourth-order valence-electron chi connectivity index (χ4n) is 2.71. The van der Waals surface area contributed by atoms with E-state index in [1.165, 1.54) is 0 Å². The van der Waals surface area contributed by atoms with E-state index in [1.54, 1.807) is 6.20 Å². The summed E-state index contributed by atoms with van der Waals surface area (Å²) in [5.41, 5.74) is 2.50. The molecule has 3 rings (SSSR count). The molecule has 0 spiro atoms. The minimum Gasteiger partial charge on any atom is -0.494 e. The third-order valence-electron chi connectivity index (χ3n) is 3.84. The number of benzene rings is 1. The van der Waals surface area contributed by atoms with Crippen LogP contribution in [-0.2, 0) is 0 Å². The fourth-order valence-corrected chi connectivity index (χ4v) is 2.71. The lowest BCUT2D eigenvalue weighted by atomic mass is 10.1. The number of hydrogen-bond acceptors (Lipinski definition) is 3. The summed E-state index contributed by atoms with van der Waals surface area (Å²) in [6.45, 7) is 4.32. The van der Waals surface area contributed by atoms with Gasteiger partial charge in [0.25, 0.3) is 5.91 Å². The van der Waals surface area contributed by atoms with Crippen molar-refractivity contribution in [2.45, 2.75) is 19.8 Å². The first-order valence-corrected chi connectivity index (χ1v) is 7.76. The Morgan fingerprint density at radius 1 is 1.23 bits per heavy atom. The van der Waals surface area contributed by atoms with Gasteiger partial charge in [-0.15, -0.1) is 0 Å². The minimum atomic E-state index is 0.0830. The predicted molar refractivity (Wildman–Crippen MR) is 86.0 cm³/mol. The van der Waals surface area contributed by atoms with Gasteiger partial charge in [-0.25, -0.2) is 0 Å². The van der Waals surface area contributed by atoms with Gasteiger partial charge in [0.05, 0.1) is 17.9 Å². The molecule has 4 nitrogen and oxygen atoms in total. The van der Waals surface area contributed by atoms with Crippen LogP contribution in [0.5, 0.6) is 5.75 Å². The van der Waals surface area contributed by atoms with Crippen LogP contribution in [0.4, 0.5) is 0 Å². The quantitative estimate of drug-likeness (QED) is 0.868. The summed E-state index contributed by atoms with van der Waals surface area (Å²) < 4.78 is 5.51. The Kier molecular flexibility index (Phi) is 4.37. The minimum absolute atomic E-state index is 0.0830. The number of carbonyl (C=O) groups excluding carboxylic acids is 1. The molecule has 0 saturated carbocycles. The number of hydrogen-bond donors (Lipinski definition) is 0. The molecule has 1 aliphatic rings. The second kappa shape index (κ2) is 6.60. The maximum absolute atomic E-state index is 12.3. The first kappa shape index (κ1) is 14.6. The van der Waals surface area contributed by atoms with Crippen LogP contribution in [0.3, 0.4) is 0 Å². The third kappa shape index (κ3) is 3.11. The van der Waals surface area contributed by atoms with Gasteiger partial charge in [-0.05, 0) is 44.0 Å². The van der Waals surface area contributed by atoms with Gasteiger partial charge in [-0.3, -0.25) is 9.78 Å². The summed E-state index contributed by atoms with van der Waals surface area (Å²) in [7, 11) is 0. The molecule has 0 radical (unpaired) electrons. The van der Waals surface area contributed by atoms with Gasteiger partial charge in [0, 0.05) is 24.8 Å². The first-order chi connectivity index (χ1) is 10.8. The molecule has 1 aliphatic heterocycles. The van der Waals surface area contributed by atoms with Gasteiger partial charge in [-0.2, -0.15) is 0 Å². The number of rotatable bonds is 4. The largest absolute Gasteiger partial charge is 0.494 e. The van der Waals surface area contributed by atoms with Crippen molar-refractivity contribution in [3.8, 4) is 17.0 Å². The highest BCUT2D eigenvalue weighted by Crippen LogP contribution is 2.23. The molecule has 4 heteroatoms. The second-order valence-electron chi connectivity index (χ2n) is 5.39. The topological polar surface area (TPSA) is 42.4 Å². The molecule has 22 heavy (non-hydrogen) atoms. The SMILES string of the molecule is CCOc1cccc(-c2ccc(C(=O)N3CCCC3)cn2)c1. The van der Waals surface area contributed by atoms with Crippen molar-refractivity contribution in [2.24, 2.45) is 0 Å². The summed E-state index contributed by atoms with van der Waals surface area (Å²) in [5.74, 6) is 0.915. The van der Waals surface area contributed by atoms with E-state index in [-0.39, 0.29) is 5.91 Å². The molecule has 0 N–H and O–H groups in total. The Bertz CT molecular complexity index is 646. The van der Waals surface area contributed by atoms with Crippen LogP contribution in [0.15, 0.2) is 42.6 Å². The number of nitrogens with zero attached hydrogens (tertiary/aromatic N) is 2. The average molecular weight is 296 g/mol. The van der Waals surface area contributed by atoms with Crippen LogP contribution in [0, 0.1) is 0 Å². The molecule has 1 amide bonds. The number of carbonyl (C=O) groups is 1. The van der Waals surface area contributed by atoms with Crippen LogP contribution < -0.4 is 4.74 Å². The smallest absolute Gasteiger partial charge is 0.255 e. The Balaban J connectivity index is 1.78.